The summed E-state index contributed by atoms with van der Waals surface area (Å²) in [6, 6.07) is 0. The lowest BCUT2D eigenvalue weighted by molar-refractivity contribution is 0.581. The van der Waals surface area contributed by atoms with Crippen LogP contribution < -0.4 is 10.5 Å². The number of nitrogens with zero attached hydrogens (tertiary/aromatic N) is 3. The predicted molar refractivity (Wildman–Crippen MR) is 69.8 cm³/mol. The van der Waals surface area contributed by atoms with Gasteiger partial charge < -0.3 is 10.3 Å². The molecule has 0 aromatic carbocycles. The van der Waals surface area contributed by atoms with Crippen LogP contribution in [0.2, 0.25) is 5.02 Å². The van der Waals surface area contributed by atoms with Gasteiger partial charge >= 0.3 is 0 Å². The van der Waals surface area contributed by atoms with Crippen molar-refractivity contribution in [3.63, 3.8) is 0 Å². The Morgan fingerprint density at radius 1 is 1.50 bits per heavy atom. The van der Waals surface area contributed by atoms with Gasteiger partial charge in [-0.05, 0) is 0 Å². The molecule has 0 spiro atoms. The van der Waals surface area contributed by atoms with Crippen LogP contribution in [0.3, 0.4) is 0 Å². The molecule has 2 aromatic rings. The molecule has 98 valence electrons. The standard InChI is InChI=1S/C9H12ClN5O2S/c1-18(16,17)13-2-3-15-8-6(10)4-12-5-7(8)14-9(15)11/h4-5,13H,2-3H2,1H3,(H2,11,14). The highest BCUT2D eigenvalue weighted by molar-refractivity contribution is 7.88. The van der Waals surface area contributed by atoms with E-state index in [4.69, 9.17) is 17.3 Å². The Labute approximate surface area is 109 Å². The van der Waals surface area contributed by atoms with Gasteiger partial charge in [-0.2, -0.15) is 0 Å². The van der Waals surface area contributed by atoms with Crippen LogP contribution in [0.5, 0.6) is 0 Å². The Balaban J connectivity index is 2.30. The fourth-order valence-corrected chi connectivity index (χ4v) is 2.35. The summed E-state index contributed by atoms with van der Waals surface area (Å²) in [4.78, 5) is 8.02. The Morgan fingerprint density at radius 3 is 2.89 bits per heavy atom. The molecule has 18 heavy (non-hydrogen) atoms. The number of sulfonamides is 1. The molecule has 3 N–H and O–H groups in total. The van der Waals surface area contributed by atoms with E-state index < -0.39 is 10.0 Å². The van der Waals surface area contributed by atoms with Gasteiger partial charge in [0.25, 0.3) is 0 Å². The Kier molecular flexibility index (Phi) is 3.42. The largest absolute Gasteiger partial charge is 0.369 e. The Hall–Kier alpha value is -1.38. The summed E-state index contributed by atoms with van der Waals surface area (Å²) in [5.74, 6) is 0.273. The van der Waals surface area contributed by atoms with Crippen molar-refractivity contribution in [2.24, 2.45) is 0 Å². The molecule has 0 fully saturated rings. The third-order valence-electron chi connectivity index (χ3n) is 2.33. The lowest BCUT2D eigenvalue weighted by atomic mass is 10.4. The number of aromatic nitrogens is 3. The molecule has 0 aliphatic rings. The van der Waals surface area contributed by atoms with E-state index in [1.165, 1.54) is 6.20 Å². The topological polar surface area (TPSA) is 103 Å². The number of halogens is 1. The van der Waals surface area contributed by atoms with E-state index in [-0.39, 0.29) is 12.5 Å². The quantitative estimate of drug-likeness (QED) is 0.838. The fraction of sp³-hybridized carbons (Fsp3) is 0.333. The van der Waals surface area contributed by atoms with Crippen molar-refractivity contribution in [1.82, 2.24) is 19.3 Å². The number of rotatable bonds is 4. The number of nitrogens with one attached hydrogen (secondary N) is 1. The summed E-state index contributed by atoms with van der Waals surface area (Å²) in [5.41, 5.74) is 7.00. The molecule has 2 rings (SSSR count). The monoisotopic (exact) mass is 289 g/mol. The van der Waals surface area contributed by atoms with Crippen LogP contribution in [0.25, 0.3) is 11.0 Å². The minimum atomic E-state index is -3.22. The van der Waals surface area contributed by atoms with E-state index in [2.05, 4.69) is 14.7 Å². The van der Waals surface area contributed by atoms with Crippen LogP contribution >= 0.6 is 11.6 Å². The van der Waals surface area contributed by atoms with Gasteiger partial charge in [-0.25, -0.2) is 18.1 Å². The van der Waals surface area contributed by atoms with Gasteiger partial charge in [0.05, 0.1) is 23.0 Å². The molecule has 0 aliphatic heterocycles. The van der Waals surface area contributed by atoms with Crippen LogP contribution in [0, 0.1) is 0 Å². The first-order chi connectivity index (χ1) is 8.38. The van der Waals surface area contributed by atoms with Crippen molar-refractivity contribution in [1.29, 1.82) is 0 Å². The molecule has 2 aromatic heterocycles. The number of hydrogen-bond acceptors (Lipinski definition) is 5. The third-order valence-corrected chi connectivity index (χ3v) is 3.34. The number of hydrogen-bond donors (Lipinski definition) is 2. The van der Waals surface area contributed by atoms with Gasteiger partial charge in [0.15, 0.2) is 0 Å². The lowest BCUT2D eigenvalue weighted by Gasteiger charge is -2.07. The first-order valence-corrected chi connectivity index (χ1v) is 7.35. The summed E-state index contributed by atoms with van der Waals surface area (Å²) < 4.78 is 26.0. The maximum atomic E-state index is 11.0. The summed E-state index contributed by atoms with van der Waals surface area (Å²) >= 11 is 6.03. The van der Waals surface area contributed by atoms with E-state index in [0.29, 0.717) is 22.6 Å². The number of fused-ring (bicyclic) bond motifs is 1. The molecule has 0 bridgehead atoms. The molecule has 7 nitrogen and oxygen atoms in total. The molecule has 0 saturated heterocycles. The molecular weight excluding hydrogens is 278 g/mol. The summed E-state index contributed by atoms with van der Waals surface area (Å²) in [6.45, 7) is 0.562. The van der Waals surface area contributed by atoms with E-state index in [1.807, 2.05) is 0 Å². The minimum Gasteiger partial charge on any atom is -0.369 e. The third kappa shape index (κ3) is 2.71. The van der Waals surface area contributed by atoms with E-state index in [9.17, 15) is 8.42 Å². The van der Waals surface area contributed by atoms with Crippen molar-refractivity contribution < 1.29 is 8.42 Å². The van der Waals surface area contributed by atoms with Gasteiger partial charge in [0.2, 0.25) is 16.0 Å². The molecule has 0 amide bonds. The van der Waals surface area contributed by atoms with Crippen molar-refractivity contribution in [2.75, 3.05) is 18.5 Å². The molecular formula is C9H12ClN5O2S. The highest BCUT2D eigenvalue weighted by Gasteiger charge is 2.11. The molecule has 0 radical (unpaired) electrons. The lowest BCUT2D eigenvalue weighted by Crippen LogP contribution is -2.26. The van der Waals surface area contributed by atoms with Crippen LogP contribution in [0.1, 0.15) is 0 Å². The minimum absolute atomic E-state index is 0.215. The molecule has 2 heterocycles. The van der Waals surface area contributed by atoms with E-state index >= 15 is 0 Å². The van der Waals surface area contributed by atoms with Gasteiger partial charge in [-0.1, -0.05) is 11.6 Å². The molecule has 0 saturated carbocycles. The van der Waals surface area contributed by atoms with Crippen molar-refractivity contribution >= 4 is 38.6 Å². The molecule has 0 unspecified atom stereocenters. The van der Waals surface area contributed by atoms with Crippen molar-refractivity contribution in [2.45, 2.75) is 6.54 Å². The number of nitrogen functional groups attached to an aromatic ring is 1. The second-order valence-electron chi connectivity index (χ2n) is 3.78. The highest BCUT2D eigenvalue weighted by Crippen LogP contribution is 2.24. The SMILES string of the molecule is CS(=O)(=O)NCCn1c(N)nc2cncc(Cl)c21. The average Bonchev–Trinajstić information content (AvgIpc) is 2.55. The first kappa shape index (κ1) is 13.1. The second kappa shape index (κ2) is 4.71. The summed E-state index contributed by atoms with van der Waals surface area (Å²) in [7, 11) is -3.22. The maximum absolute atomic E-state index is 11.0. The maximum Gasteiger partial charge on any atom is 0.208 e. The predicted octanol–water partition coefficient (Wildman–Crippen LogP) is 0.216. The van der Waals surface area contributed by atoms with E-state index in [0.717, 1.165) is 6.26 Å². The number of anilines is 1. The first-order valence-electron chi connectivity index (χ1n) is 5.08. The summed E-state index contributed by atoms with van der Waals surface area (Å²) in [6.07, 6.45) is 4.14. The Morgan fingerprint density at radius 2 is 2.22 bits per heavy atom. The number of pyridine rings is 1. The average molecular weight is 290 g/mol. The smallest absolute Gasteiger partial charge is 0.208 e. The second-order valence-corrected chi connectivity index (χ2v) is 6.02. The number of nitrogens with two attached hydrogens (primary N) is 1. The van der Waals surface area contributed by atoms with Crippen molar-refractivity contribution in [3.05, 3.63) is 17.4 Å². The van der Waals surface area contributed by atoms with Gasteiger partial charge in [0.1, 0.15) is 5.52 Å². The van der Waals surface area contributed by atoms with Crippen LogP contribution in [-0.2, 0) is 16.6 Å². The van der Waals surface area contributed by atoms with Crippen LogP contribution in [0.4, 0.5) is 5.95 Å². The zero-order valence-corrected chi connectivity index (χ0v) is 11.2. The molecule has 9 heteroatoms. The zero-order valence-electron chi connectivity index (χ0n) is 9.59. The van der Waals surface area contributed by atoms with Crippen LogP contribution in [-0.4, -0.2) is 35.8 Å². The summed E-state index contributed by atoms with van der Waals surface area (Å²) in [5, 5.41) is 0.427. The van der Waals surface area contributed by atoms with E-state index in [1.54, 1.807) is 10.8 Å². The highest BCUT2D eigenvalue weighted by atomic mass is 35.5. The normalized spacial score (nSPS) is 12.1. The Bertz CT molecular complexity index is 682. The van der Waals surface area contributed by atoms with Gasteiger partial charge in [0, 0.05) is 19.3 Å². The van der Waals surface area contributed by atoms with Gasteiger partial charge in [-0.15, -0.1) is 0 Å². The zero-order chi connectivity index (χ0) is 13.3. The van der Waals surface area contributed by atoms with Crippen molar-refractivity contribution in [3.8, 4) is 0 Å². The number of imidazole rings is 1. The van der Waals surface area contributed by atoms with Gasteiger partial charge in [-0.3, -0.25) is 4.98 Å². The molecule has 0 atom stereocenters. The fourth-order valence-electron chi connectivity index (χ4n) is 1.63. The van der Waals surface area contributed by atoms with Crippen LogP contribution in [0.15, 0.2) is 12.4 Å². The molecule has 0 aliphatic carbocycles.